The fourth-order valence-corrected chi connectivity index (χ4v) is 1.18. The molecule has 0 saturated carbocycles. The van der Waals surface area contributed by atoms with Gasteiger partial charge in [0.15, 0.2) is 0 Å². The molecule has 0 heterocycles. The molecule has 0 aliphatic carbocycles. The molecule has 4 heteroatoms. The molecule has 1 rings (SSSR count). The van der Waals surface area contributed by atoms with E-state index in [4.69, 9.17) is 4.80 Å². The Kier molecular flexibility index (Phi) is 3.47. The van der Waals surface area contributed by atoms with Gasteiger partial charge in [0.25, 0.3) is 0 Å². The SMILES string of the molecule is O=[Si](O)OCCc1ccccc1. The monoisotopic (exact) mass is 182 g/mol. The second kappa shape index (κ2) is 4.66. The summed E-state index contributed by atoms with van der Waals surface area (Å²) < 4.78 is 14.7. The van der Waals surface area contributed by atoms with Gasteiger partial charge in [-0.25, -0.2) is 0 Å². The van der Waals surface area contributed by atoms with E-state index in [0.717, 1.165) is 5.56 Å². The van der Waals surface area contributed by atoms with E-state index in [9.17, 15) is 4.46 Å². The van der Waals surface area contributed by atoms with Crippen LogP contribution in [0.25, 0.3) is 0 Å². The molecule has 0 amide bonds. The minimum atomic E-state index is -2.75. The minimum absolute atomic E-state index is 0.304. The quantitative estimate of drug-likeness (QED) is 0.696. The molecule has 0 aromatic heterocycles. The second-order valence-electron chi connectivity index (χ2n) is 2.35. The average Bonchev–Trinajstić information content (AvgIpc) is 2.05. The highest BCUT2D eigenvalue weighted by molar-refractivity contribution is 6.24. The van der Waals surface area contributed by atoms with Crippen molar-refractivity contribution in [3.63, 3.8) is 0 Å². The Balaban J connectivity index is 2.29. The smallest absolute Gasteiger partial charge is 0.511 e. The van der Waals surface area contributed by atoms with Crippen LogP contribution < -0.4 is 0 Å². The highest BCUT2D eigenvalue weighted by Crippen LogP contribution is 1.98. The first-order valence-corrected chi connectivity index (χ1v) is 4.95. The van der Waals surface area contributed by atoms with Crippen LogP contribution in [0.5, 0.6) is 0 Å². The van der Waals surface area contributed by atoms with Crippen LogP contribution in [0.3, 0.4) is 0 Å². The molecule has 1 aromatic carbocycles. The van der Waals surface area contributed by atoms with Crippen molar-refractivity contribution in [1.29, 1.82) is 0 Å². The van der Waals surface area contributed by atoms with Gasteiger partial charge in [-0.15, -0.1) is 0 Å². The van der Waals surface area contributed by atoms with Crippen LogP contribution in [-0.2, 0) is 15.3 Å². The molecule has 0 spiro atoms. The summed E-state index contributed by atoms with van der Waals surface area (Å²) in [5.41, 5.74) is 1.11. The molecule has 1 aromatic rings. The van der Waals surface area contributed by atoms with E-state index >= 15 is 0 Å². The second-order valence-corrected chi connectivity index (χ2v) is 3.17. The van der Waals surface area contributed by atoms with E-state index in [1.54, 1.807) is 0 Å². The van der Waals surface area contributed by atoms with E-state index in [2.05, 4.69) is 4.43 Å². The summed E-state index contributed by atoms with van der Waals surface area (Å²) in [4.78, 5) is 8.35. The largest absolute Gasteiger partial charge is 0.764 e. The van der Waals surface area contributed by atoms with Gasteiger partial charge in [-0.05, 0) is 5.56 Å². The maximum Gasteiger partial charge on any atom is 0.764 e. The predicted octanol–water partition coefficient (Wildman–Crippen LogP) is 0.653. The van der Waals surface area contributed by atoms with Crippen LogP contribution in [0.1, 0.15) is 5.56 Å². The van der Waals surface area contributed by atoms with Crippen molar-refractivity contribution >= 4 is 9.17 Å². The van der Waals surface area contributed by atoms with Crippen molar-refractivity contribution in [2.75, 3.05) is 6.61 Å². The van der Waals surface area contributed by atoms with Crippen molar-refractivity contribution in [2.24, 2.45) is 0 Å². The lowest BCUT2D eigenvalue weighted by molar-refractivity contribution is 0.227. The van der Waals surface area contributed by atoms with Gasteiger partial charge in [-0.2, -0.15) is 0 Å². The van der Waals surface area contributed by atoms with E-state index in [1.165, 1.54) is 0 Å². The van der Waals surface area contributed by atoms with Gasteiger partial charge in [0.1, 0.15) is 0 Å². The molecular formula is C8H10O3Si. The van der Waals surface area contributed by atoms with Crippen LogP contribution in [0.4, 0.5) is 0 Å². The van der Waals surface area contributed by atoms with Gasteiger partial charge < -0.3 is 9.22 Å². The Morgan fingerprint density at radius 3 is 2.58 bits per heavy atom. The molecule has 0 atom stereocenters. The first-order chi connectivity index (χ1) is 5.79. The lowest BCUT2D eigenvalue weighted by Crippen LogP contribution is -2.08. The molecule has 0 bridgehead atoms. The van der Waals surface area contributed by atoms with Crippen molar-refractivity contribution in [3.05, 3.63) is 35.9 Å². The first kappa shape index (κ1) is 8.93. The van der Waals surface area contributed by atoms with Gasteiger partial charge in [0.05, 0.1) is 6.61 Å². The van der Waals surface area contributed by atoms with Gasteiger partial charge in [-0.1, -0.05) is 30.3 Å². The highest BCUT2D eigenvalue weighted by atomic mass is 28.3. The number of rotatable bonds is 4. The lowest BCUT2D eigenvalue weighted by atomic mass is 10.2. The third kappa shape index (κ3) is 3.29. The molecule has 0 radical (unpaired) electrons. The third-order valence-corrected chi connectivity index (χ3v) is 1.91. The van der Waals surface area contributed by atoms with Crippen LogP contribution in [0.15, 0.2) is 30.3 Å². The predicted molar refractivity (Wildman–Crippen MR) is 44.8 cm³/mol. The molecule has 64 valence electrons. The average molecular weight is 182 g/mol. The molecule has 0 fully saturated rings. The van der Waals surface area contributed by atoms with Gasteiger partial charge in [0.2, 0.25) is 0 Å². The number of hydrogen-bond acceptors (Lipinski definition) is 2. The molecule has 0 aliphatic heterocycles. The fraction of sp³-hybridized carbons (Fsp3) is 0.250. The van der Waals surface area contributed by atoms with Gasteiger partial charge in [-0.3, -0.25) is 4.46 Å². The van der Waals surface area contributed by atoms with Gasteiger partial charge >= 0.3 is 9.17 Å². The molecule has 3 nitrogen and oxygen atoms in total. The Bertz CT molecular complexity index is 248. The molecular weight excluding hydrogens is 172 g/mol. The maximum atomic E-state index is 10.2. The summed E-state index contributed by atoms with van der Waals surface area (Å²) in [7, 11) is -2.75. The summed E-state index contributed by atoms with van der Waals surface area (Å²) in [6, 6.07) is 9.70. The Morgan fingerprint density at radius 1 is 1.33 bits per heavy atom. The zero-order valence-corrected chi connectivity index (χ0v) is 7.56. The van der Waals surface area contributed by atoms with Crippen LogP contribution >= 0.6 is 0 Å². The summed E-state index contributed by atoms with van der Waals surface area (Å²) in [6.07, 6.45) is 0.678. The van der Waals surface area contributed by atoms with Crippen molar-refractivity contribution in [2.45, 2.75) is 6.42 Å². The zero-order valence-electron chi connectivity index (χ0n) is 6.56. The van der Waals surface area contributed by atoms with Crippen LogP contribution in [0.2, 0.25) is 0 Å². The zero-order chi connectivity index (χ0) is 8.81. The van der Waals surface area contributed by atoms with E-state index in [1.807, 2.05) is 30.3 Å². The van der Waals surface area contributed by atoms with E-state index in [-0.39, 0.29) is 0 Å². The highest BCUT2D eigenvalue weighted by Gasteiger charge is 2.01. The van der Waals surface area contributed by atoms with Crippen LogP contribution in [0, 0.1) is 0 Å². The fourth-order valence-electron chi connectivity index (χ4n) is 0.901. The summed E-state index contributed by atoms with van der Waals surface area (Å²) in [6.45, 7) is 0.304. The van der Waals surface area contributed by atoms with Gasteiger partial charge in [0, 0.05) is 6.42 Å². The standard InChI is InChI=1S/C8H10O3Si/c9-12(10)11-7-6-8-4-2-1-3-5-8/h1-5,9H,6-7H2. The Labute approximate surface area is 72.5 Å². The molecule has 0 aliphatic rings. The third-order valence-electron chi connectivity index (χ3n) is 1.46. The molecule has 1 N–H and O–H groups in total. The number of benzene rings is 1. The van der Waals surface area contributed by atoms with Crippen molar-refractivity contribution < 1.29 is 13.7 Å². The van der Waals surface area contributed by atoms with Crippen molar-refractivity contribution in [1.82, 2.24) is 0 Å². The first-order valence-electron chi connectivity index (χ1n) is 3.68. The molecule has 0 saturated heterocycles. The normalized spacial score (nSPS) is 9.33. The van der Waals surface area contributed by atoms with Crippen LogP contribution in [-0.4, -0.2) is 20.6 Å². The molecule has 12 heavy (non-hydrogen) atoms. The van der Waals surface area contributed by atoms with Crippen molar-refractivity contribution in [3.8, 4) is 0 Å². The lowest BCUT2D eigenvalue weighted by Gasteiger charge is -1.99. The van der Waals surface area contributed by atoms with E-state index < -0.39 is 9.17 Å². The summed E-state index contributed by atoms with van der Waals surface area (Å²) in [5.74, 6) is 0. The van der Waals surface area contributed by atoms with E-state index in [0.29, 0.717) is 13.0 Å². The number of hydrogen-bond donors (Lipinski definition) is 1. The summed E-state index contributed by atoms with van der Waals surface area (Å²) >= 11 is 0. The topological polar surface area (TPSA) is 46.5 Å². The molecule has 0 unspecified atom stereocenters. The Morgan fingerprint density at radius 2 is 2.00 bits per heavy atom. The summed E-state index contributed by atoms with van der Waals surface area (Å²) in [5, 5.41) is 0. The minimum Gasteiger partial charge on any atom is -0.511 e. The maximum absolute atomic E-state index is 10.2. The Hall–Kier alpha value is -1.16.